The first-order valence-corrected chi connectivity index (χ1v) is 7.20. The molecule has 0 aliphatic carbocycles. The van der Waals surface area contributed by atoms with Gasteiger partial charge >= 0.3 is 6.09 Å². The molecule has 1 amide bonds. The molecule has 1 aromatic rings. The Morgan fingerprint density at radius 3 is 2.62 bits per heavy atom. The number of nitrogens with one attached hydrogen (secondary N) is 1. The number of ether oxygens (including phenoxy) is 2. The molecule has 4 nitrogen and oxygen atoms in total. The van der Waals surface area contributed by atoms with Crippen LogP contribution in [0.4, 0.5) is 9.18 Å². The summed E-state index contributed by atoms with van der Waals surface area (Å²) in [6.45, 7) is 6.05. The maximum absolute atomic E-state index is 12.9. The fourth-order valence-electron chi connectivity index (χ4n) is 2.31. The smallest absolute Gasteiger partial charge is 0.407 e. The number of alkyl carbamates (subject to hydrolysis) is 1. The first kappa shape index (κ1) is 15.8. The number of carbonyl (C=O) groups excluding carboxylic acids is 1. The van der Waals surface area contributed by atoms with Gasteiger partial charge in [0.1, 0.15) is 11.4 Å². The zero-order valence-corrected chi connectivity index (χ0v) is 12.7. The Hall–Kier alpha value is -1.62. The van der Waals surface area contributed by atoms with Crippen LogP contribution in [0, 0.1) is 5.82 Å². The highest BCUT2D eigenvalue weighted by atomic mass is 19.1. The molecule has 116 valence electrons. The van der Waals surface area contributed by atoms with Crippen LogP contribution in [0.15, 0.2) is 24.3 Å². The lowest BCUT2D eigenvalue weighted by atomic mass is 9.97. The molecular weight excluding hydrogens is 273 g/mol. The van der Waals surface area contributed by atoms with E-state index < -0.39 is 11.7 Å². The van der Waals surface area contributed by atoms with Crippen LogP contribution >= 0.6 is 0 Å². The van der Waals surface area contributed by atoms with Crippen LogP contribution < -0.4 is 5.32 Å². The highest BCUT2D eigenvalue weighted by Gasteiger charge is 2.26. The molecule has 1 N–H and O–H groups in total. The summed E-state index contributed by atoms with van der Waals surface area (Å²) in [4.78, 5) is 11.8. The molecule has 1 saturated heterocycles. The minimum atomic E-state index is -0.508. The predicted octanol–water partition coefficient (Wildman–Crippen LogP) is 3.57. The van der Waals surface area contributed by atoms with Gasteiger partial charge < -0.3 is 14.8 Å². The molecule has 1 heterocycles. The number of benzene rings is 1. The van der Waals surface area contributed by atoms with Crippen molar-refractivity contribution in [2.24, 2.45) is 0 Å². The molecular formula is C16H22FNO3. The zero-order valence-electron chi connectivity index (χ0n) is 12.7. The fraction of sp³-hybridized carbons (Fsp3) is 0.562. The standard InChI is InChI=1S/C16H22FNO3/c1-16(2,3)21-15(19)18-13-8-9-20-14(10-13)11-4-6-12(17)7-5-11/h4-7,13-14H,8-10H2,1-3H3,(H,18,19). The Balaban J connectivity index is 1.91. The van der Waals surface area contributed by atoms with E-state index in [1.54, 1.807) is 12.1 Å². The van der Waals surface area contributed by atoms with Crippen LogP contribution in [0.1, 0.15) is 45.3 Å². The summed E-state index contributed by atoms with van der Waals surface area (Å²) < 4.78 is 23.9. The van der Waals surface area contributed by atoms with E-state index in [1.807, 2.05) is 20.8 Å². The van der Waals surface area contributed by atoms with E-state index in [2.05, 4.69) is 5.32 Å². The Morgan fingerprint density at radius 1 is 1.33 bits per heavy atom. The van der Waals surface area contributed by atoms with Gasteiger partial charge in [0.15, 0.2) is 0 Å². The highest BCUT2D eigenvalue weighted by Crippen LogP contribution is 2.28. The van der Waals surface area contributed by atoms with Gasteiger partial charge in [0, 0.05) is 12.6 Å². The summed E-state index contributed by atoms with van der Waals surface area (Å²) >= 11 is 0. The summed E-state index contributed by atoms with van der Waals surface area (Å²) in [5.41, 5.74) is 0.415. The molecule has 0 spiro atoms. The summed E-state index contributed by atoms with van der Waals surface area (Å²) in [6.07, 6.45) is 0.869. The van der Waals surface area contributed by atoms with Crippen LogP contribution in [-0.4, -0.2) is 24.3 Å². The van der Waals surface area contributed by atoms with Crippen LogP contribution in [0.5, 0.6) is 0 Å². The number of carbonyl (C=O) groups is 1. The average molecular weight is 295 g/mol. The first-order chi connectivity index (χ1) is 9.83. The van der Waals surface area contributed by atoms with Gasteiger partial charge in [-0.3, -0.25) is 0 Å². The predicted molar refractivity (Wildman–Crippen MR) is 77.5 cm³/mol. The molecule has 1 aliphatic rings. The van der Waals surface area contributed by atoms with Crippen molar-refractivity contribution < 1.29 is 18.7 Å². The van der Waals surface area contributed by atoms with Crippen LogP contribution in [0.2, 0.25) is 0 Å². The van der Waals surface area contributed by atoms with E-state index in [1.165, 1.54) is 12.1 Å². The third-order valence-electron chi connectivity index (χ3n) is 3.25. The Labute approximate surface area is 124 Å². The van der Waals surface area contributed by atoms with Gasteiger partial charge in [0.2, 0.25) is 0 Å². The lowest BCUT2D eigenvalue weighted by molar-refractivity contribution is -0.00413. The minimum absolute atomic E-state index is 0.00338. The fourth-order valence-corrected chi connectivity index (χ4v) is 2.31. The largest absolute Gasteiger partial charge is 0.444 e. The molecule has 0 saturated carbocycles. The topological polar surface area (TPSA) is 47.6 Å². The van der Waals surface area contributed by atoms with Crippen molar-refractivity contribution in [3.8, 4) is 0 Å². The summed E-state index contributed by atoms with van der Waals surface area (Å²) in [5, 5.41) is 2.87. The van der Waals surface area contributed by atoms with Gasteiger partial charge in [-0.05, 0) is 51.3 Å². The van der Waals surface area contributed by atoms with E-state index in [4.69, 9.17) is 9.47 Å². The van der Waals surface area contributed by atoms with Crippen molar-refractivity contribution in [2.75, 3.05) is 6.61 Å². The van der Waals surface area contributed by atoms with Crippen LogP contribution in [0.3, 0.4) is 0 Å². The third-order valence-corrected chi connectivity index (χ3v) is 3.25. The van der Waals surface area contributed by atoms with Gasteiger partial charge in [0.25, 0.3) is 0 Å². The maximum atomic E-state index is 12.9. The van der Waals surface area contributed by atoms with Crippen molar-refractivity contribution >= 4 is 6.09 Å². The molecule has 21 heavy (non-hydrogen) atoms. The number of rotatable bonds is 2. The molecule has 2 unspecified atom stereocenters. The lowest BCUT2D eigenvalue weighted by Crippen LogP contribution is -2.42. The SMILES string of the molecule is CC(C)(C)OC(=O)NC1CCOC(c2ccc(F)cc2)C1. The van der Waals surface area contributed by atoms with Crippen LogP contribution in [-0.2, 0) is 9.47 Å². The van der Waals surface area contributed by atoms with Crippen molar-refractivity contribution in [1.82, 2.24) is 5.32 Å². The first-order valence-electron chi connectivity index (χ1n) is 7.20. The molecule has 5 heteroatoms. The number of amides is 1. The van der Waals surface area contributed by atoms with Gasteiger partial charge in [0.05, 0.1) is 6.10 Å². The average Bonchev–Trinajstić information content (AvgIpc) is 2.37. The third kappa shape index (κ3) is 5.01. The Bertz CT molecular complexity index is 481. The number of halogens is 1. The van der Waals surface area contributed by atoms with E-state index >= 15 is 0 Å². The summed E-state index contributed by atoms with van der Waals surface area (Å²) in [6, 6.07) is 6.28. The van der Waals surface area contributed by atoms with Crippen molar-refractivity contribution in [1.29, 1.82) is 0 Å². The van der Waals surface area contributed by atoms with Crippen molar-refractivity contribution in [3.05, 3.63) is 35.6 Å². The molecule has 2 rings (SSSR count). The molecule has 1 aliphatic heterocycles. The van der Waals surface area contributed by atoms with Crippen LogP contribution in [0.25, 0.3) is 0 Å². The molecule has 0 bridgehead atoms. The Morgan fingerprint density at radius 2 is 2.00 bits per heavy atom. The Kier molecular flexibility index (Phi) is 4.83. The monoisotopic (exact) mass is 295 g/mol. The molecule has 0 aromatic heterocycles. The molecule has 2 atom stereocenters. The number of hydrogen-bond acceptors (Lipinski definition) is 3. The summed E-state index contributed by atoms with van der Waals surface area (Å²) in [7, 11) is 0. The van der Waals surface area contributed by atoms with Crippen molar-refractivity contribution in [2.45, 2.75) is 51.4 Å². The highest BCUT2D eigenvalue weighted by molar-refractivity contribution is 5.68. The van der Waals surface area contributed by atoms with E-state index in [0.717, 1.165) is 12.0 Å². The van der Waals surface area contributed by atoms with Gasteiger partial charge in [-0.15, -0.1) is 0 Å². The van der Waals surface area contributed by atoms with E-state index in [9.17, 15) is 9.18 Å². The molecule has 1 aromatic carbocycles. The van der Waals surface area contributed by atoms with Gasteiger partial charge in [-0.1, -0.05) is 12.1 Å². The maximum Gasteiger partial charge on any atom is 0.407 e. The van der Waals surface area contributed by atoms with E-state index in [0.29, 0.717) is 13.0 Å². The van der Waals surface area contributed by atoms with Gasteiger partial charge in [-0.2, -0.15) is 0 Å². The molecule has 0 radical (unpaired) electrons. The second-order valence-electron chi connectivity index (χ2n) is 6.28. The number of hydrogen-bond donors (Lipinski definition) is 1. The summed E-state index contributed by atoms with van der Waals surface area (Å²) in [5.74, 6) is -0.266. The molecule has 1 fully saturated rings. The van der Waals surface area contributed by atoms with E-state index in [-0.39, 0.29) is 18.0 Å². The minimum Gasteiger partial charge on any atom is -0.444 e. The zero-order chi connectivity index (χ0) is 15.5. The van der Waals surface area contributed by atoms with Crippen molar-refractivity contribution in [3.63, 3.8) is 0 Å². The quantitative estimate of drug-likeness (QED) is 0.907. The van der Waals surface area contributed by atoms with Gasteiger partial charge in [-0.25, -0.2) is 9.18 Å². The lowest BCUT2D eigenvalue weighted by Gasteiger charge is -2.31. The second-order valence-corrected chi connectivity index (χ2v) is 6.28. The normalized spacial score (nSPS) is 22.7. The second kappa shape index (κ2) is 6.43.